The van der Waals surface area contributed by atoms with Crippen LogP contribution in [0.5, 0.6) is 0 Å². The summed E-state index contributed by atoms with van der Waals surface area (Å²) in [7, 11) is 0. The molecule has 0 bridgehead atoms. The lowest BCUT2D eigenvalue weighted by Crippen LogP contribution is -2.14. The molecule has 0 radical (unpaired) electrons. The van der Waals surface area contributed by atoms with Crippen LogP contribution in [0, 0.1) is 0 Å². The summed E-state index contributed by atoms with van der Waals surface area (Å²) in [5.74, 6) is -0.292. The third kappa shape index (κ3) is 3.62. The van der Waals surface area contributed by atoms with Crippen molar-refractivity contribution >= 4 is 39.0 Å². The minimum Gasteiger partial charge on any atom is -0.323 e. The maximum atomic E-state index is 12.1. The van der Waals surface area contributed by atoms with Crippen LogP contribution in [0.2, 0.25) is 0 Å². The van der Waals surface area contributed by atoms with E-state index < -0.39 is 0 Å². The molecule has 2 heterocycles. The fourth-order valence-electron chi connectivity index (χ4n) is 2.20. The smallest absolute Gasteiger partial charge is 0.224 e. The molecule has 0 aliphatic heterocycles. The topological polar surface area (TPSA) is 76.4 Å². The number of aromatic nitrogens is 3. The number of fused-ring (bicyclic) bond motifs is 1. The summed E-state index contributed by atoms with van der Waals surface area (Å²) < 4.78 is 2.50. The molecule has 3 rings (SSSR count). The molecular weight excluding hydrogens is 360 g/mol. The molecule has 0 atom stereocenters. The number of nitrogens with one attached hydrogen (secondary N) is 1. The molecule has 0 saturated heterocycles. The predicted octanol–water partition coefficient (Wildman–Crippen LogP) is 3.09. The molecule has 2 aromatic heterocycles. The quantitative estimate of drug-likeness (QED) is 0.698. The van der Waals surface area contributed by atoms with Crippen LogP contribution in [0.4, 0.5) is 5.69 Å². The minimum atomic E-state index is -0.239. The molecule has 1 aromatic carbocycles. The highest BCUT2D eigenvalue weighted by molar-refractivity contribution is 9.10. The lowest BCUT2D eigenvalue weighted by atomic mass is 10.1. The Bertz CT molecular complexity index is 861. The fraction of sp³-hybridized carbons (Fsp3) is 0.125. The Morgan fingerprint density at radius 3 is 2.74 bits per heavy atom. The van der Waals surface area contributed by atoms with E-state index in [4.69, 9.17) is 0 Å². The first kappa shape index (κ1) is 15.4. The van der Waals surface area contributed by atoms with Crippen LogP contribution in [0.25, 0.3) is 5.65 Å². The maximum absolute atomic E-state index is 12.1. The molecule has 0 fully saturated rings. The number of Topliss-reactive ketones (excluding diaryl/α,β-unsaturated/α-hetero) is 1. The standard InChI is InChI=1S/C16H13BrN4O2/c17-12-8-13(16-20-18-10-21(16)9-12)19-15(23)7-6-14(22)11-4-2-1-3-5-11/h1-5,8-10H,6-7H2,(H,19,23). The molecule has 116 valence electrons. The van der Waals surface area contributed by atoms with Crippen LogP contribution >= 0.6 is 15.9 Å². The van der Waals surface area contributed by atoms with Crippen LogP contribution in [-0.4, -0.2) is 26.3 Å². The Morgan fingerprint density at radius 1 is 1.17 bits per heavy atom. The van der Waals surface area contributed by atoms with Gasteiger partial charge in [-0.05, 0) is 22.0 Å². The molecule has 6 nitrogen and oxygen atoms in total. The zero-order chi connectivity index (χ0) is 16.2. The van der Waals surface area contributed by atoms with Crippen molar-refractivity contribution < 1.29 is 9.59 Å². The molecule has 0 saturated carbocycles. The molecule has 0 spiro atoms. The zero-order valence-corrected chi connectivity index (χ0v) is 13.7. The van der Waals surface area contributed by atoms with Crippen LogP contribution < -0.4 is 5.32 Å². The van der Waals surface area contributed by atoms with E-state index in [1.807, 2.05) is 6.07 Å². The van der Waals surface area contributed by atoms with E-state index >= 15 is 0 Å². The van der Waals surface area contributed by atoms with E-state index in [2.05, 4.69) is 31.4 Å². The number of carbonyl (C=O) groups excluding carboxylic acids is 2. The van der Waals surface area contributed by atoms with Crippen molar-refractivity contribution in [2.24, 2.45) is 0 Å². The van der Waals surface area contributed by atoms with Gasteiger partial charge in [-0.15, -0.1) is 10.2 Å². The fourth-order valence-corrected chi connectivity index (χ4v) is 2.65. The normalized spacial score (nSPS) is 10.7. The molecule has 7 heteroatoms. The first-order valence-electron chi connectivity index (χ1n) is 7.00. The third-order valence-corrected chi connectivity index (χ3v) is 3.74. The number of halogens is 1. The largest absolute Gasteiger partial charge is 0.323 e. The van der Waals surface area contributed by atoms with Gasteiger partial charge in [-0.25, -0.2) is 0 Å². The lowest BCUT2D eigenvalue weighted by molar-refractivity contribution is -0.116. The van der Waals surface area contributed by atoms with Crippen molar-refractivity contribution in [3.8, 4) is 0 Å². The van der Waals surface area contributed by atoms with Crippen molar-refractivity contribution in [2.45, 2.75) is 12.8 Å². The summed E-state index contributed by atoms with van der Waals surface area (Å²) in [6.07, 6.45) is 3.62. The Hall–Kier alpha value is -2.54. The Balaban J connectivity index is 1.65. The van der Waals surface area contributed by atoms with E-state index in [1.165, 1.54) is 0 Å². The van der Waals surface area contributed by atoms with E-state index in [1.54, 1.807) is 47.3 Å². The van der Waals surface area contributed by atoms with Crippen LogP contribution in [0.3, 0.4) is 0 Å². The van der Waals surface area contributed by atoms with E-state index in [0.717, 1.165) is 4.47 Å². The van der Waals surface area contributed by atoms with E-state index in [-0.39, 0.29) is 24.5 Å². The molecule has 0 aliphatic rings. The van der Waals surface area contributed by atoms with Crippen molar-refractivity contribution in [1.29, 1.82) is 0 Å². The van der Waals surface area contributed by atoms with Crippen molar-refractivity contribution in [2.75, 3.05) is 5.32 Å². The van der Waals surface area contributed by atoms with Crippen molar-refractivity contribution in [3.05, 3.63) is 59.0 Å². The van der Waals surface area contributed by atoms with Crippen LogP contribution in [0.1, 0.15) is 23.2 Å². The number of pyridine rings is 1. The Morgan fingerprint density at radius 2 is 1.96 bits per heavy atom. The van der Waals surface area contributed by atoms with Crippen molar-refractivity contribution in [3.63, 3.8) is 0 Å². The SMILES string of the molecule is O=C(CCC(=O)c1ccccc1)Nc1cc(Br)cn2cnnc12. The zero-order valence-electron chi connectivity index (χ0n) is 12.1. The molecule has 0 aliphatic carbocycles. The number of amides is 1. The predicted molar refractivity (Wildman–Crippen MR) is 89.3 cm³/mol. The second-order valence-corrected chi connectivity index (χ2v) is 5.89. The Labute approximate surface area is 140 Å². The molecule has 0 unspecified atom stereocenters. The third-order valence-electron chi connectivity index (χ3n) is 3.31. The lowest BCUT2D eigenvalue weighted by Gasteiger charge is -2.07. The summed E-state index contributed by atoms with van der Waals surface area (Å²) >= 11 is 3.37. The highest BCUT2D eigenvalue weighted by Gasteiger charge is 2.12. The first-order chi connectivity index (χ1) is 11.1. The summed E-state index contributed by atoms with van der Waals surface area (Å²) in [5.41, 5.74) is 1.72. The van der Waals surface area contributed by atoms with Gasteiger partial charge in [0.25, 0.3) is 0 Å². The maximum Gasteiger partial charge on any atom is 0.224 e. The molecule has 1 amide bonds. The average molecular weight is 373 g/mol. The minimum absolute atomic E-state index is 0.0531. The number of anilines is 1. The van der Waals surface area contributed by atoms with Gasteiger partial charge >= 0.3 is 0 Å². The summed E-state index contributed by atoms with van der Waals surface area (Å²) in [6, 6.07) is 10.7. The van der Waals surface area contributed by atoms with E-state index in [9.17, 15) is 9.59 Å². The number of nitrogens with zero attached hydrogens (tertiary/aromatic N) is 3. The van der Waals surface area contributed by atoms with Gasteiger partial charge in [0, 0.05) is 29.1 Å². The summed E-state index contributed by atoms with van der Waals surface area (Å²) in [5, 5.41) is 10.6. The number of ketones is 1. The van der Waals surface area contributed by atoms with Gasteiger partial charge in [0.1, 0.15) is 6.33 Å². The Kier molecular flexibility index (Phi) is 4.47. The number of rotatable bonds is 5. The highest BCUT2D eigenvalue weighted by Crippen LogP contribution is 2.21. The average Bonchev–Trinajstić information content (AvgIpc) is 3.02. The number of benzene rings is 1. The molecule has 23 heavy (non-hydrogen) atoms. The van der Waals surface area contributed by atoms with Gasteiger partial charge in [-0.3, -0.25) is 14.0 Å². The highest BCUT2D eigenvalue weighted by atomic mass is 79.9. The number of carbonyl (C=O) groups is 2. The second kappa shape index (κ2) is 6.70. The van der Waals surface area contributed by atoms with Gasteiger partial charge in [0.2, 0.25) is 5.91 Å². The number of hydrogen-bond donors (Lipinski definition) is 1. The summed E-state index contributed by atoms with van der Waals surface area (Å²) in [6.45, 7) is 0. The first-order valence-corrected chi connectivity index (χ1v) is 7.80. The van der Waals surface area contributed by atoms with Crippen LogP contribution in [-0.2, 0) is 4.79 Å². The summed E-state index contributed by atoms with van der Waals surface area (Å²) in [4.78, 5) is 24.1. The van der Waals surface area contributed by atoms with Gasteiger partial charge in [-0.1, -0.05) is 30.3 Å². The monoisotopic (exact) mass is 372 g/mol. The van der Waals surface area contributed by atoms with E-state index in [0.29, 0.717) is 16.9 Å². The van der Waals surface area contributed by atoms with Gasteiger partial charge in [0.15, 0.2) is 11.4 Å². The van der Waals surface area contributed by atoms with Crippen LogP contribution in [0.15, 0.2) is 53.4 Å². The molecular formula is C16H13BrN4O2. The van der Waals surface area contributed by atoms with Gasteiger partial charge < -0.3 is 5.32 Å². The second-order valence-electron chi connectivity index (χ2n) is 4.97. The number of hydrogen-bond acceptors (Lipinski definition) is 4. The molecule has 1 N–H and O–H groups in total. The van der Waals surface area contributed by atoms with Gasteiger partial charge in [0.05, 0.1) is 5.69 Å². The van der Waals surface area contributed by atoms with Gasteiger partial charge in [-0.2, -0.15) is 0 Å². The van der Waals surface area contributed by atoms with Crippen molar-refractivity contribution in [1.82, 2.24) is 14.6 Å². The molecule has 3 aromatic rings.